The van der Waals surface area contributed by atoms with Gasteiger partial charge in [0.05, 0.1) is 29.5 Å². The van der Waals surface area contributed by atoms with E-state index in [1.165, 1.54) is 6.33 Å². The van der Waals surface area contributed by atoms with Gasteiger partial charge in [-0.05, 0) is 51.5 Å². The molecular weight excluding hydrogens is 446 g/mol. The first kappa shape index (κ1) is 25.1. The second-order valence-electron chi connectivity index (χ2n) is 9.25. The van der Waals surface area contributed by atoms with E-state index in [0.717, 1.165) is 31.4 Å². The van der Waals surface area contributed by atoms with Gasteiger partial charge in [0.15, 0.2) is 5.82 Å². The first-order valence-electron chi connectivity index (χ1n) is 12.2. The van der Waals surface area contributed by atoms with E-state index in [1.807, 2.05) is 6.07 Å². The summed E-state index contributed by atoms with van der Waals surface area (Å²) >= 11 is 0. The molecule has 1 aliphatic heterocycles. The standard InChI is InChI=1S/C25H33N7O3/c1-18(14-33-2)30-19-3-5-20(6-4-19)31-23-13-22(28-17-29-23)21-7-10-27-24(32-21)35-16-25(15-26)8-11-34-12-9-25/h7,10,13,17-19,30H,3-6,8-9,11-12,14,16H2,1-2H3/t18-,19?/m1/s1. The summed E-state index contributed by atoms with van der Waals surface area (Å²) in [6, 6.07) is 7.06. The maximum atomic E-state index is 9.63. The maximum absolute atomic E-state index is 9.63. The number of rotatable bonds is 9. The third-order valence-electron chi connectivity index (χ3n) is 6.49. The van der Waals surface area contributed by atoms with E-state index in [2.05, 4.69) is 38.2 Å². The molecule has 10 nitrogen and oxygen atoms in total. The van der Waals surface area contributed by atoms with Crippen LogP contribution in [-0.2, 0) is 9.47 Å². The Balaban J connectivity index is 1.38. The van der Waals surface area contributed by atoms with Gasteiger partial charge in [0.2, 0.25) is 0 Å². The molecule has 2 aromatic heterocycles. The van der Waals surface area contributed by atoms with E-state index in [1.54, 1.807) is 19.4 Å². The fraction of sp³-hybridized carbons (Fsp3) is 0.600. The third kappa shape index (κ3) is 7.01. The van der Waals surface area contributed by atoms with Gasteiger partial charge in [-0.1, -0.05) is 0 Å². The number of nitriles is 1. The van der Waals surface area contributed by atoms with Crippen molar-refractivity contribution in [1.82, 2.24) is 25.3 Å². The number of methoxy groups -OCH3 is 1. The molecule has 3 heterocycles. The van der Waals surface area contributed by atoms with Crippen molar-refractivity contribution in [2.24, 2.45) is 10.4 Å². The summed E-state index contributed by atoms with van der Waals surface area (Å²) in [4.78, 5) is 22.2. The van der Waals surface area contributed by atoms with Crippen molar-refractivity contribution in [3.05, 3.63) is 24.7 Å². The highest BCUT2D eigenvalue weighted by Gasteiger charge is 2.34. The van der Waals surface area contributed by atoms with Gasteiger partial charge in [-0.15, -0.1) is 0 Å². The molecule has 10 heteroatoms. The average Bonchev–Trinajstić information content (AvgIpc) is 2.90. The minimum absolute atomic E-state index is 0.226. The van der Waals surface area contributed by atoms with Crippen LogP contribution in [0, 0.1) is 16.7 Å². The summed E-state index contributed by atoms with van der Waals surface area (Å²) in [5, 5.41) is 13.2. The van der Waals surface area contributed by atoms with Crippen molar-refractivity contribution in [2.45, 2.75) is 57.5 Å². The number of hydrogen-bond donors (Lipinski definition) is 1. The Morgan fingerprint density at radius 3 is 2.77 bits per heavy atom. The van der Waals surface area contributed by atoms with Crippen LogP contribution in [-0.4, -0.2) is 71.3 Å². The van der Waals surface area contributed by atoms with Crippen LogP contribution in [0.1, 0.15) is 45.4 Å². The van der Waals surface area contributed by atoms with Gasteiger partial charge < -0.3 is 19.5 Å². The lowest BCUT2D eigenvalue weighted by atomic mass is 9.83. The maximum Gasteiger partial charge on any atom is 0.316 e. The molecule has 186 valence electrons. The van der Waals surface area contributed by atoms with E-state index in [-0.39, 0.29) is 12.6 Å². The summed E-state index contributed by atoms with van der Waals surface area (Å²) < 4.78 is 16.4. The molecule has 0 unspecified atom stereocenters. The molecule has 4 rings (SSSR count). The molecule has 0 aromatic carbocycles. The van der Waals surface area contributed by atoms with Crippen LogP contribution in [0.4, 0.5) is 5.82 Å². The number of nitrogens with one attached hydrogen (secondary N) is 1. The van der Waals surface area contributed by atoms with Gasteiger partial charge in [0.1, 0.15) is 12.9 Å². The molecule has 35 heavy (non-hydrogen) atoms. The van der Waals surface area contributed by atoms with Crippen molar-refractivity contribution in [3.63, 3.8) is 0 Å². The molecule has 1 saturated heterocycles. The summed E-state index contributed by atoms with van der Waals surface area (Å²) in [5.74, 6) is 0.621. The fourth-order valence-corrected chi connectivity index (χ4v) is 4.45. The molecular formula is C25H33N7O3. The second-order valence-corrected chi connectivity index (χ2v) is 9.25. The lowest BCUT2D eigenvalue weighted by molar-refractivity contribution is 0.0174. The summed E-state index contributed by atoms with van der Waals surface area (Å²) in [6.45, 7) is 4.22. The van der Waals surface area contributed by atoms with Gasteiger partial charge in [0, 0.05) is 50.4 Å². The monoisotopic (exact) mass is 479 g/mol. The Labute approximate surface area is 206 Å². The fourth-order valence-electron chi connectivity index (χ4n) is 4.45. The zero-order valence-electron chi connectivity index (χ0n) is 20.4. The third-order valence-corrected chi connectivity index (χ3v) is 6.49. The molecule has 2 aromatic rings. The normalized spacial score (nSPS) is 20.6. The largest absolute Gasteiger partial charge is 0.462 e. The van der Waals surface area contributed by atoms with E-state index in [9.17, 15) is 5.26 Å². The predicted molar refractivity (Wildman–Crippen MR) is 130 cm³/mol. The Hall–Kier alpha value is -3.00. The molecule has 0 amide bonds. The smallest absolute Gasteiger partial charge is 0.316 e. The highest BCUT2D eigenvalue weighted by atomic mass is 16.5. The topological polar surface area (TPSA) is 127 Å². The van der Waals surface area contributed by atoms with Gasteiger partial charge in [0.25, 0.3) is 0 Å². The van der Waals surface area contributed by atoms with Crippen LogP contribution < -0.4 is 10.1 Å². The van der Waals surface area contributed by atoms with E-state index in [4.69, 9.17) is 19.2 Å². The van der Waals surface area contributed by atoms with Crippen LogP contribution in [0.5, 0.6) is 6.01 Å². The van der Waals surface area contributed by atoms with Crippen LogP contribution >= 0.6 is 0 Å². The summed E-state index contributed by atoms with van der Waals surface area (Å²) in [5.41, 5.74) is 1.86. The first-order valence-corrected chi connectivity index (χ1v) is 12.2. The Kier molecular flexibility index (Phi) is 8.69. The van der Waals surface area contributed by atoms with Crippen molar-refractivity contribution in [2.75, 3.05) is 33.5 Å². The lowest BCUT2D eigenvalue weighted by Gasteiger charge is -2.29. The van der Waals surface area contributed by atoms with Crippen LogP contribution in [0.25, 0.3) is 11.4 Å². The van der Waals surface area contributed by atoms with Crippen molar-refractivity contribution in [3.8, 4) is 23.5 Å². The van der Waals surface area contributed by atoms with E-state index < -0.39 is 5.41 Å². The molecule has 1 N–H and O–H groups in total. The van der Waals surface area contributed by atoms with Crippen LogP contribution in [0.3, 0.4) is 0 Å². The van der Waals surface area contributed by atoms with Gasteiger partial charge in [-0.2, -0.15) is 10.2 Å². The highest BCUT2D eigenvalue weighted by Crippen LogP contribution is 2.30. The highest BCUT2D eigenvalue weighted by molar-refractivity contribution is 5.87. The summed E-state index contributed by atoms with van der Waals surface area (Å²) in [7, 11) is 1.73. The van der Waals surface area contributed by atoms with Gasteiger partial charge in [-0.3, -0.25) is 0 Å². The predicted octanol–water partition coefficient (Wildman–Crippen LogP) is 3.27. The van der Waals surface area contributed by atoms with Crippen LogP contribution in [0.2, 0.25) is 0 Å². The Bertz CT molecular complexity index is 1040. The molecule has 1 saturated carbocycles. The number of aliphatic imine (C=N–C) groups is 1. The molecule has 1 atom stereocenters. The SMILES string of the molecule is COC[C@@H](C)NC1CCC(=Nc2cc(-c3ccnc(OCC4(C#N)CCOCC4)n3)ncn2)CC1. The van der Waals surface area contributed by atoms with Crippen molar-refractivity contribution >= 4 is 11.5 Å². The summed E-state index contributed by atoms with van der Waals surface area (Å²) in [6.07, 6.45) is 8.39. The quantitative estimate of drug-likeness (QED) is 0.576. The first-order chi connectivity index (χ1) is 17.1. The lowest BCUT2D eigenvalue weighted by Crippen LogP contribution is -2.41. The minimum atomic E-state index is -0.563. The van der Waals surface area contributed by atoms with Crippen molar-refractivity contribution in [1.29, 1.82) is 5.26 Å². The minimum Gasteiger partial charge on any atom is -0.462 e. The Morgan fingerprint density at radius 2 is 2.03 bits per heavy atom. The van der Waals surface area contributed by atoms with Crippen LogP contribution in [0.15, 0.2) is 29.6 Å². The van der Waals surface area contributed by atoms with E-state index >= 15 is 0 Å². The van der Waals surface area contributed by atoms with Gasteiger partial charge in [-0.25, -0.2) is 19.9 Å². The number of nitrogens with zero attached hydrogens (tertiary/aromatic N) is 6. The van der Waals surface area contributed by atoms with E-state index in [0.29, 0.717) is 62.0 Å². The molecule has 2 aliphatic rings. The zero-order chi connectivity index (χ0) is 24.5. The number of hydrogen-bond acceptors (Lipinski definition) is 10. The molecule has 1 aliphatic carbocycles. The number of ether oxygens (including phenoxy) is 3. The molecule has 0 spiro atoms. The second kappa shape index (κ2) is 12.1. The number of aromatic nitrogens is 4. The van der Waals surface area contributed by atoms with Crippen molar-refractivity contribution < 1.29 is 14.2 Å². The molecule has 2 fully saturated rings. The zero-order valence-corrected chi connectivity index (χ0v) is 20.4. The molecule has 0 bridgehead atoms. The molecule has 0 radical (unpaired) electrons. The van der Waals surface area contributed by atoms with Gasteiger partial charge >= 0.3 is 6.01 Å². The average molecular weight is 480 g/mol. The Morgan fingerprint density at radius 1 is 1.23 bits per heavy atom.